The first-order valence-electron chi connectivity index (χ1n) is 5.01. The molecule has 0 saturated heterocycles. The van der Waals surface area contributed by atoms with E-state index in [9.17, 15) is 20.0 Å². The van der Waals surface area contributed by atoms with Gasteiger partial charge in [-0.3, -0.25) is 14.9 Å². The number of nitrogens with zero attached hydrogens (tertiary/aromatic N) is 2. The average Bonchev–Trinajstić information content (AvgIpc) is 2.60. The van der Waals surface area contributed by atoms with E-state index < -0.39 is 11.0 Å². The number of ketones is 1. The lowest BCUT2D eigenvalue weighted by atomic mass is 10.3. The maximum Gasteiger partial charge on any atom is 0.304 e. The second-order valence-corrected chi connectivity index (χ2v) is 4.87. The highest BCUT2D eigenvalue weighted by atomic mass is 32.1. The topological polar surface area (TPSA) is 83.7 Å². The van der Waals surface area contributed by atoms with Crippen molar-refractivity contribution < 1.29 is 14.8 Å². The summed E-state index contributed by atoms with van der Waals surface area (Å²) in [5.41, 5.74) is -0.0941. The molecule has 0 radical (unpaired) electrons. The van der Waals surface area contributed by atoms with Crippen LogP contribution in [0, 0.1) is 10.1 Å². The fourth-order valence-corrected chi connectivity index (χ4v) is 2.42. The van der Waals surface area contributed by atoms with Gasteiger partial charge in [0.1, 0.15) is 0 Å². The molecule has 6 nitrogen and oxygen atoms in total. The van der Waals surface area contributed by atoms with Crippen LogP contribution in [0.3, 0.4) is 0 Å². The van der Waals surface area contributed by atoms with E-state index >= 15 is 0 Å². The SMILES string of the molecule is CC(=O)c1cc([N+](=O)[O-])c(N(C)CC(C)O)s1. The molecule has 94 valence electrons. The van der Waals surface area contributed by atoms with Crippen LogP contribution in [0.1, 0.15) is 23.5 Å². The molecule has 0 bridgehead atoms. The molecular formula is C10H14N2O4S. The second-order valence-electron chi connectivity index (χ2n) is 3.84. The predicted octanol–water partition coefficient (Wildman–Crippen LogP) is 1.68. The van der Waals surface area contributed by atoms with E-state index in [2.05, 4.69) is 0 Å². The minimum absolute atomic E-state index is 0.0941. The molecule has 0 aliphatic carbocycles. The number of nitro groups is 1. The standard InChI is InChI=1S/C10H14N2O4S/c1-6(13)5-11(3)10-8(12(15)16)4-9(17-10)7(2)14/h4,6,13H,5H2,1-3H3. The summed E-state index contributed by atoms with van der Waals surface area (Å²) in [6.45, 7) is 3.24. The van der Waals surface area contributed by atoms with Crippen molar-refractivity contribution in [3.8, 4) is 0 Å². The summed E-state index contributed by atoms with van der Waals surface area (Å²) in [5, 5.41) is 20.5. The zero-order valence-corrected chi connectivity index (χ0v) is 10.7. The smallest absolute Gasteiger partial charge is 0.304 e. The van der Waals surface area contributed by atoms with Gasteiger partial charge in [-0.05, 0) is 13.8 Å². The molecule has 1 unspecified atom stereocenters. The molecule has 0 amide bonds. The summed E-state index contributed by atoms with van der Waals surface area (Å²) < 4.78 is 0. The predicted molar refractivity (Wildman–Crippen MR) is 65.9 cm³/mol. The molecule has 0 saturated carbocycles. The normalized spacial score (nSPS) is 12.2. The maximum atomic E-state index is 11.2. The number of thiophene rings is 1. The molecule has 1 aromatic heterocycles. The number of aliphatic hydroxyl groups is 1. The lowest BCUT2D eigenvalue weighted by Gasteiger charge is -2.17. The third-order valence-corrected chi connectivity index (χ3v) is 3.46. The molecule has 0 spiro atoms. The number of rotatable bonds is 5. The molecule has 0 aromatic carbocycles. The van der Waals surface area contributed by atoms with Gasteiger partial charge in [-0.25, -0.2) is 0 Å². The van der Waals surface area contributed by atoms with Crippen molar-refractivity contribution in [2.45, 2.75) is 20.0 Å². The lowest BCUT2D eigenvalue weighted by Crippen LogP contribution is -2.26. The highest BCUT2D eigenvalue weighted by molar-refractivity contribution is 7.18. The second kappa shape index (κ2) is 5.24. The number of hydrogen-bond acceptors (Lipinski definition) is 6. The first kappa shape index (κ1) is 13.6. The molecule has 17 heavy (non-hydrogen) atoms. The molecule has 0 aliphatic heterocycles. The molecule has 7 heteroatoms. The van der Waals surface area contributed by atoms with Gasteiger partial charge in [0.05, 0.1) is 15.9 Å². The molecule has 1 aromatic rings. The van der Waals surface area contributed by atoms with E-state index in [1.807, 2.05) is 0 Å². The monoisotopic (exact) mass is 258 g/mol. The van der Waals surface area contributed by atoms with Gasteiger partial charge in [0.15, 0.2) is 10.8 Å². The van der Waals surface area contributed by atoms with Crippen LogP contribution in [0.5, 0.6) is 0 Å². The van der Waals surface area contributed by atoms with Crippen molar-refractivity contribution in [2.75, 3.05) is 18.5 Å². The zero-order valence-electron chi connectivity index (χ0n) is 9.84. The van der Waals surface area contributed by atoms with Crippen LogP contribution in [0.15, 0.2) is 6.07 Å². The first-order valence-corrected chi connectivity index (χ1v) is 5.83. The summed E-state index contributed by atoms with van der Waals surface area (Å²) in [5.74, 6) is -0.199. The Labute approximate surface area is 103 Å². The number of carbonyl (C=O) groups is 1. The number of carbonyl (C=O) groups excluding carboxylic acids is 1. The van der Waals surface area contributed by atoms with Crippen molar-refractivity contribution in [3.05, 3.63) is 21.1 Å². The van der Waals surface area contributed by atoms with Crippen LogP contribution in [0.2, 0.25) is 0 Å². The summed E-state index contributed by atoms with van der Waals surface area (Å²) in [7, 11) is 1.65. The van der Waals surface area contributed by atoms with Crippen LogP contribution < -0.4 is 4.90 Å². The number of aliphatic hydroxyl groups excluding tert-OH is 1. The van der Waals surface area contributed by atoms with Crippen molar-refractivity contribution in [2.24, 2.45) is 0 Å². The molecular weight excluding hydrogens is 244 g/mol. The summed E-state index contributed by atoms with van der Waals surface area (Å²) >= 11 is 1.07. The molecule has 1 atom stereocenters. The van der Waals surface area contributed by atoms with Gasteiger partial charge < -0.3 is 10.0 Å². The number of anilines is 1. The van der Waals surface area contributed by atoms with Crippen LogP contribution in [0.25, 0.3) is 0 Å². The molecule has 1 rings (SSSR count). The Kier molecular flexibility index (Phi) is 4.19. The highest BCUT2D eigenvalue weighted by Crippen LogP contribution is 2.37. The molecule has 0 fully saturated rings. The minimum atomic E-state index is -0.595. The summed E-state index contributed by atoms with van der Waals surface area (Å²) in [4.78, 5) is 23.5. The minimum Gasteiger partial charge on any atom is -0.392 e. The van der Waals surface area contributed by atoms with E-state index in [1.54, 1.807) is 18.9 Å². The Morgan fingerprint density at radius 3 is 2.71 bits per heavy atom. The zero-order chi connectivity index (χ0) is 13.2. The van der Waals surface area contributed by atoms with Crippen LogP contribution in [-0.4, -0.2) is 35.5 Å². The number of hydrogen-bond donors (Lipinski definition) is 1. The Balaban J connectivity index is 3.12. The van der Waals surface area contributed by atoms with E-state index in [-0.39, 0.29) is 18.0 Å². The van der Waals surface area contributed by atoms with Gasteiger partial charge in [0.25, 0.3) is 0 Å². The fourth-order valence-electron chi connectivity index (χ4n) is 1.43. The van der Waals surface area contributed by atoms with Gasteiger partial charge >= 0.3 is 5.69 Å². The Morgan fingerprint density at radius 1 is 1.71 bits per heavy atom. The molecule has 1 heterocycles. The number of Topliss-reactive ketones (excluding diaryl/α,β-unsaturated/α-hetero) is 1. The Morgan fingerprint density at radius 2 is 2.29 bits per heavy atom. The first-order chi connectivity index (χ1) is 7.82. The third kappa shape index (κ3) is 3.24. The molecule has 1 N–H and O–H groups in total. The van der Waals surface area contributed by atoms with E-state index in [4.69, 9.17) is 0 Å². The van der Waals surface area contributed by atoms with Gasteiger partial charge in [-0.2, -0.15) is 0 Å². The summed E-state index contributed by atoms with van der Waals surface area (Å²) in [6, 6.07) is 1.28. The van der Waals surface area contributed by atoms with Gasteiger partial charge in [0, 0.05) is 19.7 Å². The van der Waals surface area contributed by atoms with E-state index in [1.165, 1.54) is 13.0 Å². The van der Waals surface area contributed by atoms with Gasteiger partial charge in [-0.1, -0.05) is 0 Å². The van der Waals surface area contributed by atoms with Gasteiger partial charge in [-0.15, -0.1) is 11.3 Å². The van der Waals surface area contributed by atoms with Crippen LogP contribution >= 0.6 is 11.3 Å². The van der Waals surface area contributed by atoms with Gasteiger partial charge in [0.2, 0.25) is 0 Å². The number of likely N-dealkylation sites (N-methyl/N-ethyl adjacent to an activating group) is 1. The fraction of sp³-hybridized carbons (Fsp3) is 0.500. The van der Waals surface area contributed by atoms with E-state index in [0.717, 1.165) is 11.3 Å². The highest BCUT2D eigenvalue weighted by Gasteiger charge is 2.24. The largest absolute Gasteiger partial charge is 0.392 e. The lowest BCUT2D eigenvalue weighted by molar-refractivity contribution is -0.383. The maximum absolute atomic E-state index is 11.2. The van der Waals surface area contributed by atoms with Crippen molar-refractivity contribution in [1.29, 1.82) is 0 Å². The van der Waals surface area contributed by atoms with Crippen LogP contribution in [-0.2, 0) is 0 Å². The summed E-state index contributed by atoms with van der Waals surface area (Å²) in [6.07, 6.45) is -0.595. The van der Waals surface area contributed by atoms with Crippen molar-refractivity contribution in [1.82, 2.24) is 0 Å². The Bertz CT molecular complexity index is 442. The van der Waals surface area contributed by atoms with Crippen LogP contribution in [0.4, 0.5) is 10.7 Å². The third-order valence-electron chi connectivity index (χ3n) is 2.12. The van der Waals surface area contributed by atoms with E-state index in [0.29, 0.717) is 9.88 Å². The average molecular weight is 258 g/mol. The van der Waals surface area contributed by atoms with Crippen molar-refractivity contribution >= 4 is 27.8 Å². The molecule has 0 aliphatic rings. The Hall–Kier alpha value is -1.47. The van der Waals surface area contributed by atoms with Crippen molar-refractivity contribution in [3.63, 3.8) is 0 Å². The quantitative estimate of drug-likeness (QED) is 0.493.